The summed E-state index contributed by atoms with van der Waals surface area (Å²) in [6, 6.07) is 6.26. The maximum atomic E-state index is 5.37. The molecule has 17 heavy (non-hydrogen) atoms. The molecule has 4 heteroatoms. The fourth-order valence-corrected chi connectivity index (χ4v) is 1.88. The highest BCUT2D eigenvalue weighted by molar-refractivity contribution is 5.37. The molecule has 0 saturated carbocycles. The zero-order chi connectivity index (χ0) is 12.7. The summed E-state index contributed by atoms with van der Waals surface area (Å²) in [5, 5.41) is 0. The lowest BCUT2D eigenvalue weighted by atomic mass is 10.1. The van der Waals surface area contributed by atoms with Gasteiger partial charge in [0.1, 0.15) is 5.75 Å². The molecule has 0 aliphatic carbocycles. The van der Waals surface area contributed by atoms with Crippen molar-refractivity contribution in [2.45, 2.75) is 26.9 Å². The number of nitrogens with one attached hydrogen (secondary N) is 1. The van der Waals surface area contributed by atoms with Crippen molar-refractivity contribution in [1.82, 2.24) is 10.3 Å². The SMILES string of the molecule is CCN(CC)Cc1ccc(OC)c(CNN)c1. The molecule has 0 fully saturated rings. The van der Waals surface area contributed by atoms with Gasteiger partial charge >= 0.3 is 0 Å². The van der Waals surface area contributed by atoms with Gasteiger partial charge in [-0.1, -0.05) is 19.9 Å². The Hall–Kier alpha value is -1.10. The lowest BCUT2D eigenvalue weighted by Gasteiger charge is -2.19. The molecule has 0 aliphatic rings. The molecule has 96 valence electrons. The standard InChI is InChI=1S/C13H23N3O/c1-4-16(5-2)10-11-6-7-13(17-3)12(8-11)9-15-14/h6-8,15H,4-5,9-10,14H2,1-3H3. The third kappa shape index (κ3) is 4.00. The van der Waals surface area contributed by atoms with E-state index in [9.17, 15) is 0 Å². The number of hydrogen-bond acceptors (Lipinski definition) is 4. The van der Waals surface area contributed by atoms with Crippen LogP contribution in [0.2, 0.25) is 0 Å². The zero-order valence-corrected chi connectivity index (χ0v) is 11.0. The van der Waals surface area contributed by atoms with Crippen molar-refractivity contribution in [3.63, 3.8) is 0 Å². The highest BCUT2D eigenvalue weighted by Crippen LogP contribution is 2.20. The van der Waals surface area contributed by atoms with Crippen LogP contribution in [0.1, 0.15) is 25.0 Å². The van der Waals surface area contributed by atoms with E-state index in [-0.39, 0.29) is 0 Å². The van der Waals surface area contributed by atoms with Gasteiger partial charge in [0.05, 0.1) is 7.11 Å². The van der Waals surface area contributed by atoms with Crippen molar-refractivity contribution < 1.29 is 4.74 Å². The second kappa shape index (κ2) is 7.27. The summed E-state index contributed by atoms with van der Waals surface area (Å²) in [4.78, 5) is 2.38. The van der Waals surface area contributed by atoms with Crippen LogP contribution >= 0.6 is 0 Å². The predicted molar refractivity (Wildman–Crippen MR) is 70.6 cm³/mol. The van der Waals surface area contributed by atoms with Crippen molar-refractivity contribution >= 4 is 0 Å². The van der Waals surface area contributed by atoms with Crippen molar-refractivity contribution in [2.24, 2.45) is 5.84 Å². The molecule has 1 aromatic carbocycles. The summed E-state index contributed by atoms with van der Waals surface area (Å²) in [7, 11) is 1.68. The minimum absolute atomic E-state index is 0.620. The van der Waals surface area contributed by atoms with Gasteiger partial charge < -0.3 is 4.74 Å². The average molecular weight is 237 g/mol. The first-order chi connectivity index (χ1) is 8.24. The maximum absolute atomic E-state index is 5.37. The van der Waals surface area contributed by atoms with Gasteiger partial charge in [0.15, 0.2) is 0 Å². The number of methoxy groups -OCH3 is 1. The van der Waals surface area contributed by atoms with Crippen molar-refractivity contribution in [3.05, 3.63) is 29.3 Å². The number of rotatable bonds is 7. The Balaban J connectivity index is 2.83. The van der Waals surface area contributed by atoms with Gasteiger partial charge in [0.2, 0.25) is 0 Å². The van der Waals surface area contributed by atoms with Crippen molar-refractivity contribution in [1.29, 1.82) is 0 Å². The summed E-state index contributed by atoms with van der Waals surface area (Å²) < 4.78 is 5.30. The molecule has 0 spiro atoms. The van der Waals surface area contributed by atoms with E-state index in [1.165, 1.54) is 5.56 Å². The van der Waals surface area contributed by atoms with E-state index in [1.54, 1.807) is 7.11 Å². The first kappa shape index (κ1) is 14.0. The molecule has 0 saturated heterocycles. The minimum Gasteiger partial charge on any atom is -0.496 e. The van der Waals surface area contributed by atoms with Crippen LogP contribution in [0.3, 0.4) is 0 Å². The molecular formula is C13H23N3O. The zero-order valence-electron chi connectivity index (χ0n) is 11.0. The van der Waals surface area contributed by atoms with Crippen LogP contribution in [0.4, 0.5) is 0 Å². The molecule has 0 aliphatic heterocycles. The summed E-state index contributed by atoms with van der Waals surface area (Å²) in [5.41, 5.74) is 5.06. The third-order valence-electron chi connectivity index (χ3n) is 2.94. The molecule has 4 nitrogen and oxygen atoms in total. The Labute approximate surface area is 104 Å². The van der Waals surface area contributed by atoms with Crippen molar-refractivity contribution in [2.75, 3.05) is 20.2 Å². The van der Waals surface area contributed by atoms with E-state index in [2.05, 4.69) is 36.3 Å². The summed E-state index contributed by atoms with van der Waals surface area (Å²) >= 11 is 0. The highest BCUT2D eigenvalue weighted by Gasteiger charge is 2.06. The molecule has 3 N–H and O–H groups in total. The van der Waals surface area contributed by atoms with Crippen LogP contribution in [0.5, 0.6) is 5.75 Å². The summed E-state index contributed by atoms with van der Waals surface area (Å²) in [6.45, 7) is 8.06. The number of hydrogen-bond donors (Lipinski definition) is 2. The Bertz CT molecular complexity index is 337. The van der Waals surface area contributed by atoms with Gasteiger partial charge in [-0.15, -0.1) is 0 Å². The lowest BCUT2D eigenvalue weighted by Crippen LogP contribution is -2.23. The second-order valence-corrected chi connectivity index (χ2v) is 3.99. The number of nitrogens with zero attached hydrogens (tertiary/aromatic N) is 1. The summed E-state index contributed by atoms with van der Waals surface area (Å²) in [5.74, 6) is 6.25. The van der Waals surface area contributed by atoms with Gasteiger partial charge in [-0.25, -0.2) is 0 Å². The quantitative estimate of drug-likeness (QED) is 0.557. The van der Waals surface area contributed by atoms with Gasteiger partial charge in [0.25, 0.3) is 0 Å². The first-order valence-electron chi connectivity index (χ1n) is 6.06. The topological polar surface area (TPSA) is 50.5 Å². The van der Waals surface area contributed by atoms with E-state index in [0.29, 0.717) is 6.54 Å². The van der Waals surface area contributed by atoms with E-state index < -0.39 is 0 Å². The van der Waals surface area contributed by atoms with Crippen LogP contribution in [0.15, 0.2) is 18.2 Å². The van der Waals surface area contributed by atoms with Gasteiger partial charge in [-0.2, -0.15) is 0 Å². The molecule has 0 heterocycles. The lowest BCUT2D eigenvalue weighted by molar-refractivity contribution is 0.295. The average Bonchev–Trinajstić information content (AvgIpc) is 2.36. The summed E-state index contributed by atoms with van der Waals surface area (Å²) in [6.07, 6.45) is 0. The Morgan fingerprint density at radius 1 is 1.29 bits per heavy atom. The van der Waals surface area contributed by atoms with E-state index in [0.717, 1.165) is 30.9 Å². The second-order valence-electron chi connectivity index (χ2n) is 3.99. The molecule has 0 radical (unpaired) electrons. The fraction of sp³-hybridized carbons (Fsp3) is 0.538. The van der Waals surface area contributed by atoms with Crippen LogP contribution < -0.4 is 16.0 Å². The highest BCUT2D eigenvalue weighted by atomic mass is 16.5. The van der Waals surface area contributed by atoms with Gasteiger partial charge in [-0.05, 0) is 30.8 Å². The van der Waals surface area contributed by atoms with Gasteiger partial charge in [-0.3, -0.25) is 16.2 Å². The monoisotopic (exact) mass is 237 g/mol. The smallest absolute Gasteiger partial charge is 0.123 e. The number of hydrazine groups is 1. The molecule has 0 aromatic heterocycles. The molecule has 0 unspecified atom stereocenters. The van der Waals surface area contributed by atoms with Gasteiger partial charge in [0, 0.05) is 18.7 Å². The van der Waals surface area contributed by atoms with Crippen LogP contribution in [-0.4, -0.2) is 25.1 Å². The molecule has 1 aromatic rings. The van der Waals surface area contributed by atoms with E-state index in [1.807, 2.05) is 6.07 Å². The largest absolute Gasteiger partial charge is 0.496 e. The Morgan fingerprint density at radius 3 is 2.53 bits per heavy atom. The molecule has 0 atom stereocenters. The van der Waals surface area contributed by atoms with E-state index in [4.69, 9.17) is 10.6 Å². The normalized spacial score (nSPS) is 10.9. The molecule has 1 rings (SSSR count). The Morgan fingerprint density at radius 2 is 2.00 bits per heavy atom. The predicted octanol–water partition coefficient (Wildman–Crippen LogP) is 1.50. The van der Waals surface area contributed by atoms with Crippen LogP contribution in [0.25, 0.3) is 0 Å². The number of ether oxygens (including phenoxy) is 1. The Kier molecular flexibility index (Phi) is 5.97. The van der Waals surface area contributed by atoms with Crippen LogP contribution in [-0.2, 0) is 13.1 Å². The minimum atomic E-state index is 0.620. The van der Waals surface area contributed by atoms with E-state index >= 15 is 0 Å². The number of benzene rings is 1. The van der Waals surface area contributed by atoms with Crippen LogP contribution in [0, 0.1) is 0 Å². The first-order valence-corrected chi connectivity index (χ1v) is 6.06. The number of nitrogens with two attached hydrogens (primary N) is 1. The van der Waals surface area contributed by atoms with Crippen molar-refractivity contribution in [3.8, 4) is 5.75 Å². The molecule has 0 amide bonds. The molecular weight excluding hydrogens is 214 g/mol. The third-order valence-corrected chi connectivity index (χ3v) is 2.94. The molecule has 0 bridgehead atoms. The fourth-order valence-electron chi connectivity index (χ4n) is 1.88. The maximum Gasteiger partial charge on any atom is 0.123 e.